The number of methoxy groups -OCH3 is 1. The molecule has 1 N–H and O–H groups in total. The topological polar surface area (TPSA) is 163 Å². The van der Waals surface area contributed by atoms with Gasteiger partial charge in [0.1, 0.15) is 5.75 Å². The van der Waals surface area contributed by atoms with Gasteiger partial charge in [-0.15, -0.1) is 0 Å². The molecule has 0 aliphatic carbocycles. The fourth-order valence-corrected chi connectivity index (χ4v) is 2.74. The molecular weight excluding hydrogens is 448 g/mol. The highest BCUT2D eigenvalue weighted by molar-refractivity contribution is 5.96. The molecule has 0 saturated heterocycles. The van der Waals surface area contributed by atoms with E-state index in [4.69, 9.17) is 9.47 Å². The summed E-state index contributed by atoms with van der Waals surface area (Å²) in [6, 6.07) is 14.7. The average molecular weight is 464 g/mol. The Bertz CT molecular complexity index is 1270. The van der Waals surface area contributed by atoms with E-state index in [0.717, 1.165) is 36.5 Å². The van der Waals surface area contributed by atoms with Crippen LogP contribution in [0.5, 0.6) is 11.5 Å². The molecule has 0 aliphatic heterocycles. The van der Waals surface area contributed by atoms with Crippen LogP contribution < -0.4 is 14.9 Å². The number of hydrazone groups is 1. The molecule has 3 rings (SSSR count). The molecule has 34 heavy (non-hydrogen) atoms. The first kappa shape index (κ1) is 23.5. The van der Waals surface area contributed by atoms with Crippen molar-refractivity contribution in [3.8, 4) is 11.5 Å². The minimum Gasteiger partial charge on any atom is -0.497 e. The summed E-state index contributed by atoms with van der Waals surface area (Å²) < 4.78 is 10.2. The van der Waals surface area contributed by atoms with Crippen LogP contribution in [0.3, 0.4) is 0 Å². The van der Waals surface area contributed by atoms with Gasteiger partial charge in [0.05, 0.1) is 28.7 Å². The van der Waals surface area contributed by atoms with E-state index in [1.807, 2.05) is 0 Å². The van der Waals surface area contributed by atoms with E-state index in [-0.39, 0.29) is 16.8 Å². The number of non-ortho nitro benzene ring substituents is 1. The van der Waals surface area contributed by atoms with Gasteiger partial charge in [-0.3, -0.25) is 25.0 Å². The average Bonchev–Trinajstić information content (AvgIpc) is 2.84. The first-order valence-corrected chi connectivity index (χ1v) is 9.51. The monoisotopic (exact) mass is 464 g/mol. The summed E-state index contributed by atoms with van der Waals surface area (Å²) in [5, 5.41) is 26.0. The van der Waals surface area contributed by atoms with Crippen LogP contribution in [0.2, 0.25) is 0 Å². The zero-order valence-corrected chi connectivity index (χ0v) is 17.5. The SMILES string of the molecule is COc1ccc(C(=O)N/N=C/c2cccc([N+](=O)[O-])c2OC(=O)c2ccc([N+](=O)[O-])cc2)cc1. The maximum absolute atomic E-state index is 12.5. The largest absolute Gasteiger partial charge is 0.497 e. The minimum atomic E-state index is -0.971. The Kier molecular flexibility index (Phi) is 7.24. The first-order valence-electron chi connectivity index (χ1n) is 9.51. The molecule has 0 fully saturated rings. The maximum Gasteiger partial charge on any atom is 0.343 e. The number of carbonyl (C=O) groups excluding carboxylic acids is 2. The molecule has 0 atom stereocenters. The van der Waals surface area contributed by atoms with Crippen LogP contribution in [0.15, 0.2) is 71.8 Å². The second-order valence-corrected chi connectivity index (χ2v) is 6.57. The number of nitrogens with one attached hydrogen (secondary N) is 1. The third kappa shape index (κ3) is 5.56. The van der Waals surface area contributed by atoms with Crippen molar-refractivity contribution in [1.82, 2.24) is 5.43 Å². The van der Waals surface area contributed by atoms with Crippen molar-refractivity contribution in [3.05, 3.63) is 104 Å². The van der Waals surface area contributed by atoms with E-state index in [1.54, 1.807) is 12.1 Å². The molecule has 1 amide bonds. The van der Waals surface area contributed by atoms with E-state index in [2.05, 4.69) is 10.5 Å². The Balaban J connectivity index is 1.81. The Morgan fingerprint density at radius 3 is 2.15 bits per heavy atom. The van der Waals surface area contributed by atoms with Gasteiger partial charge in [0.15, 0.2) is 0 Å². The van der Waals surface area contributed by atoms with E-state index in [9.17, 15) is 29.8 Å². The highest BCUT2D eigenvalue weighted by atomic mass is 16.6. The molecule has 0 bridgehead atoms. The van der Waals surface area contributed by atoms with Crippen molar-refractivity contribution in [2.45, 2.75) is 0 Å². The van der Waals surface area contributed by atoms with Crippen LogP contribution in [0.1, 0.15) is 26.3 Å². The van der Waals surface area contributed by atoms with E-state index in [0.29, 0.717) is 11.3 Å². The summed E-state index contributed by atoms with van der Waals surface area (Å²) in [5.41, 5.74) is 1.81. The molecule has 172 valence electrons. The number of nitrogens with zero attached hydrogens (tertiary/aromatic N) is 3. The number of benzene rings is 3. The predicted molar refractivity (Wildman–Crippen MR) is 119 cm³/mol. The number of carbonyl (C=O) groups is 2. The Labute approximate surface area is 191 Å². The predicted octanol–water partition coefficient (Wildman–Crippen LogP) is 3.49. The number of amides is 1. The standard InChI is InChI=1S/C22H16N4O8/c1-33-18-11-7-14(8-12-18)21(27)24-23-13-16-3-2-4-19(26(31)32)20(16)34-22(28)15-5-9-17(10-6-15)25(29)30/h2-13H,1H3,(H,24,27)/b23-13+. The van der Waals surface area contributed by atoms with Crippen molar-refractivity contribution in [1.29, 1.82) is 0 Å². The smallest absolute Gasteiger partial charge is 0.343 e. The lowest BCUT2D eigenvalue weighted by Crippen LogP contribution is -2.17. The van der Waals surface area contributed by atoms with Crippen LogP contribution in [-0.2, 0) is 0 Å². The molecule has 0 heterocycles. The van der Waals surface area contributed by atoms with Crippen LogP contribution in [-0.4, -0.2) is 35.0 Å². The molecule has 0 aromatic heterocycles. The highest BCUT2D eigenvalue weighted by Gasteiger charge is 2.22. The van der Waals surface area contributed by atoms with Crippen molar-refractivity contribution in [2.24, 2.45) is 5.10 Å². The molecule has 12 nitrogen and oxygen atoms in total. The van der Waals surface area contributed by atoms with Crippen molar-refractivity contribution >= 4 is 29.5 Å². The van der Waals surface area contributed by atoms with E-state index >= 15 is 0 Å². The number of ether oxygens (including phenoxy) is 2. The van der Waals surface area contributed by atoms with E-state index < -0.39 is 33.2 Å². The van der Waals surface area contributed by atoms with Gasteiger partial charge in [-0.2, -0.15) is 5.10 Å². The second-order valence-electron chi connectivity index (χ2n) is 6.57. The number of rotatable bonds is 8. The lowest BCUT2D eigenvalue weighted by molar-refractivity contribution is -0.385. The van der Waals surface area contributed by atoms with Crippen molar-refractivity contribution in [3.63, 3.8) is 0 Å². The fourth-order valence-electron chi connectivity index (χ4n) is 2.74. The van der Waals surface area contributed by atoms with Gasteiger partial charge in [0.25, 0.3) is 11.6 Å². The Morgan fingerprint density at radius 1 is 0.912 bits per heavy atom. The lowest BCUT2D eigenvalue weighted by Gasteiger charge is -2.08. The molecule has 0 radical (unpaired) electrons. The maximum atomic E-state index is 12.5. The third-order valence-corrected chi connectivity index (χ3v) is 4.45. The van der Waals surface area contributed by atoms with Crippen LogP contribution in [0.4, 0.5) is 11.4 Å². The quantitative estimate of drug-likeness (QED) is 0.174. The summed E-state index contributed by atoms with van der Waals surface area (Å²) in [6.07, 6.45) is 1.09. The lowest BCUT2D eigenvalue weighted by atomic mass is 10.1. The van der Waals surface area contributed by atoms with Gasteiger partial charge in [-0.25, -0.2) is 10.2 Å². The van der Waals surface area contributed by atoms with Gasteiger partial charge in [0.2, 0.25) is 5.75 Å². The molecule has 0 saturated carbocycles. The number of esters is 1. The van der Waals surface area contributed by atoms with Gasteiger partial charge >= 0.3 is 11.7 Å². The summed E-state index contributed by atoms with van der Waals surface area (Å²) in [6.45, 7) is 0. The molecule has 0 aliphatic rings. The zero-order chi connectivity index (χ0) is 24.7. The van der Waals surface area contributed by atoms with Gasteiger partial charge in [-0.1, -0.05) is 6.07 Å². The number of para-hydroxylation sites is 1. The molecular formula is C22H16N4O8. The number of hydrogen-bond acceptors (Lipinski definition) is 9. The highest BCUT2D eigenvalue weighted by Crippen LogP contribution is 2.31. The summed E-state index contributed by atoms with van der Waals surface area (Å²) in [5.74, 6) is -1.36. The zero-order valence-electron chi connectivity index (χ0n) is 17.5. The summed E-state index contributed by atoms with van der Waals surface area (Å²) in [4.78, 5) is 45.6. The van der Waals surface area contributed by atoms with Gasteiger partial charge in [-0.05, 0) is 42.5 Å². The van der Waals surface area contributed by atoms with Crippen LogP contribution in [0.25, 0.3) is 0 Å². The molecule has 0 spiro atoms. The molecule has 3 aromatic rings. The summed E-state index contributed by atoms with van der Waals surface area (Å²) in [7, 11) is 1.49. The van der Waals surface area contributed by atoms with Crippen molar-refractivity contribution in [2.75, 3.05) is 7.11 Å². The molecule has 0 unspecified atom stereocenters. The van der Waals surface area contributed by atoms with Crippen molar-refractivity contribution < 1.29 is 28.9 Å². The number of hydrogen-bond donors (Lipinski definition) is 1. The summed E-state index contributed by atoms with van der Waals surface area (Å²) >= 11 is 0. The number of nitro groups is 2. The fraction of sp³-hybridized carbons (Fsp3) is 0.0455. The van der Waals surface area contributed by atoms with E-state index in [1.165, 1.54) is 31.4 Å². The number of nitro benzene ring substituents is 2. The van der Waals surface area contributed by atoms with Gasteiger partial charge in [0, 0.05) is 29.3 Å². The Morgan fingerprint density at radius 2 is 1.56 bits per heavy atom. The molecule has 12 heteroatoms. The normalized spacial score (nSPS) is 10.5. The van der Waals surface area contributed by atoms with Crippen LogP contribution in [0, 0.1) is 20.2 Å². The first-order chi connectivity index (χ1) is 16.3. The van der Waals surface area contributed by atoms with Crippen LogP contribution >= 0.6 is 0 Å². The molecule has 3 aromatic carbocycles. The second kappa shape index (κ2) is 10.5. The third-order valence-electron chi connectivity index (χ3n) is 4.45. The Hall–Kier alpha value is -5.13. The van der Waals surface area contributed by atoms with Gasteiger partial charge < -0.3 is 9.47 Å². The minimum absolute atomic E-state index is 0.0412.